The number of hydrogen-bond acceptors (Lipinski definition) is 2. The second kappa shape index (κ2) is 5.14. The lowest BCUT2D eigenvalue weighted by Gasteiger charge is -1.90. The van der Waals surface area contributed by atoms with Crippen LogP contribution in [0.15, 0.2) is 47.1 Å². The van der Waals surface area contributed by atoms with Crippen molar-refractivity contribution in [3.63, 3.8) is 0 Å². The van der Waals surface area contributed by atoms with Crippen molar-refractivity contribution in [3.05, 3.63) is 42.6 Å². The number of benzene rings is 1. The van der Waals surface area contributed by atoms with Gasteiger partial charge in [-0.1, -0.05) is 49.3 Å². The van der Waals surface area contributed by atoms with Gasteiger partial charge in [0.1, 0.15) is 0 Å². The molecule has 0 aliphatic heterocycles. The second-order valence-corrected chi connectivity index (χ2v) is 2.24. The van der Waals surface area contributed by atoms with Crippen LogP contribution in [0.4, 0.5) is 0 Å². The van der Waals surface area contributed by atoms with Crippen LogP contribution < -0.4 is 0 Å². The van der Waals surface area contributed by atoms with Gasteiger partial charge in [-0.15, -0.1) is 0 Å². The Bertz CT molecular complexity index is 313. The van der Waals surface area contributed by atoms with E-state index in [1.54, 1.807) is 6.20 Å². The molecule has 0 amide bonds. The molecule has 2 aromatic rings. The van der Waals surface area contributed by atoms with E-state index in [-0.39, 0.29) is 0 Å². The van der Waals surface area contributed by atoms with E-state index in [4.69, 9.17) is 4.52 Å². The SMILES string of the molecule is CC.c1ccc(-c2ccno2)cc1. The van der Waals surface area contributed by atoms with Crippen molar-refractivity contribution in [2.24, 2.45) is 0 Å². The van der Waals surface area contributed by atoms with Gasteiger partial charge in [0, 0.05) is 11.6 Å². The predicted molar refractivity (Wildman–Crippen MR) is 53.3 cm³/mol. The third-order valence-electron chi connectivity index (χ3n) is 1.50. The molecule has 1 heterocycles. The molecule has 0 saturated heterocycles. The summed E-state index contributed by atoms with van der Waals surface area (Å²) in [4.78, 5) is 0. The number of rotatable bonds is 1. The van der Waals surface area contributed by atoms with Gasteiger partial charge in [-0.25, -0.2) is 0 Å². The van der Waals surface area contributed by atoms with Crippen molar-refractivity contribution < 1.29 is 4.52 Å². The van der Waals surface area contributed by atoms with Crippen molar-refractivity contribution in [2.45, 2.75) is 13.8 Å². The topological polar surface area (TPSA) is 26.0 Å². The summed E-state index contributed by atoms with van der Waals surface area (Å²) >= 11 is 0. The first-order valence-corrected chi connectivity index (χ1v) is 4.43. The lowest BCUT2D eigenvalue weighted by molar-refractivity contribution is 0.432. The van der Waals surface area contributed by atoms with Gasteiger partial charge in [-0.2, -0.15) is 0 Å². The third kappa shape index (κ3) is 2.44. The van der Waals surface area contributed by atoms with E-state index in [9.17, 15) is 0 Å². The van der Waals surface area contributed by atoms with Gasteiger partial charge >= 0.3 is 0 Å². The first-order chi connectivity index (χ1) is 6.47. The largest absolute Gasteiger partial charge is 0.356 e. The molecule has 0 spiro atoms. The second-order valence-electron chi connectivity index (χ2n) is 2.24. The lowest BCUT2D eigenvalue weighted by atomic mass is 10.2. The van der Waals surface area contributed by atoms with Gasteiger partial charge in [-0.3, -0.25) is 0 Å². The fraction of sp³-hybridized carbons (Fsp3) is 0.182. The maximum Gasteiger partial charge on any atom is 0.166 e. The molecule has 1 aromatic carbocycles. The van der Waals surface area contributed by atoms with Gasteiger partial charge < -0.3 is 4.52 Å². The normalized spacial score (nSPS) is 8.77. The highest BCUT2D eigenvalue weighted by Crippen LogP contribution is 2.16. The van der Waals surface area contributed by atoms with Crippen LogP contribution in [0, 0.1) is 0 Å². The van der Waals surface area contributed by atoms with Crippen LogP contribution in [0.5, 0.6) is 0 Å². The van der Waals surface area contributed by atoms with E-state index in [0.717, 1.165) is 11.3 Å². The van der Waals surface area contributed by atoms with Crippen LogP contribution in [0.3, 0.4) is 0 Å². The maximum absolute atomic E-state index is 4.97. The summed E-state index contributed by atoms with van der Waals surface area (Å²) in [5, 5.41) is 3.62. The molecule has 0 atom stereocenters. The summed E-state index contributed by atoms with van der Waals surface area (Å²) in [6.45, 7) is 4.00. The highest BCUT2D eigenvalue weighted by atomic mass is 16.5. The maximum atomic E-state index is 4.97. The van der Waals surface area contributed by atoms with Crippen LogP contribution in [0.2, 0.25) is 0 Å². The first-order valence-electron chi connectivity index (χ1n) is 4.43. The van der Waals surface area contributed by atoms with E-state index in [1.165, 1.54) is 0 Å². The highest BCUT2D eigenvalue weighted by molar-refractivity contribution is 5.55. The Labute approximate surface area is 78.2 Å². The van der Waals surface area contributed by atoms with E-state index < -0.39 is 0 Å². The lowest BCUT2D eigenvalue weighted by Crippen LogP contribution is -1.69. The molecule has 13 heavy (non-hydrogen) atoms. The van der Waals surface area contributed by atoms with Gasteiger partial charge in [0.15, 0.2) is 5.76 Å². The molecule has 68 valence electrons. The van der Waals surface area contributed by atoms with Gasteiger partial charge in [-0.05, 0) is 0 Å². The average Bonchev–Trinajstić information content (AvgIpc) is 2.75. The molecule has 0 fully saturated rings. The highest BCUT2D eigenvalue weighted by Gasteiger charge is 1.97. The molecule has 0 saturated carbocycles. The first kappa shape index (κ1) is 9.52. The summed E-state index contributed by atoms with van der Waals surface area (Å²) in [5.74, 6) is 0.811. The van der Waals surface area contributed by atoms with Crippen molar-refractivity contribution >= 4 is 0 Å². The molecule has 2 nitrogen and oxygen atoms in total. The Balaban J connectivity index is 0.000000396. The molecule has 0 aliphatic carbocycles. The number of hydrogen-bond donors (Lipinski definition) is 0. The minimum atomic E-state index is 0.811. The fourth-order valence-electron chi connectivity index (χ4n) is 0.967. The molecule has 2 rings (SSSR count). The van der Waals surface area contributed by atoms with Crippen molar-refractivity contribution in [1.82, 2.24) is 5.16 Å². The van der Waals surface area contributed by atoms with E-state index in [1.807, 2.05) is 50.2 Å². The predicted octanol–water partition coefficient (Wildman–Crippen LogP) is 3.37. The quantitative estimate of drug-likeness (QED) is 0.664. The smallest absolute Gasteiger partial charge is 0.166 e. The van der Waals surface area contributed by atoms with Crippen LogP contribution in [0.25, 0.3) is 11.3 Å². The Hall–Kier alpha value is -1.57. The number of nitrogens with zero attached hydrogens (tertiary/aromatic N) is 1. The Kier molecular flexibility index (Phi) is 3.76. The Morgan fingerprint density at radius 2 is 1.69 bits per heavy atom. The molecule has 0 unspecified atom stereocenters. The zero-order chi connectivity index (χ0) is 9.52. The Morgan fingerprint density at radius 1 is 1.00 bits per heavy atom. The summed E-state index contributed by atoms with van der Waals surface area (Å²) in [7, 11) is 0. The zero-order valence-corrected chi connectivity index (χ0v) is 7.90. The zero-order valence-electron chi connectivity index (χ0n) is 7.90. The molecule has 0 radical (unpaired) electrons. The molecule has 1 aromatic heterocycles. The van der Waals surface area contributed by atoms with Crippen LogP contribution in [0.1, 0.15) is 13.8 Å². The van der Waals surface area contributed by atoms with Crippen molar-refractivity contribution in [1.29, 1.82) is 0 Å². The molecular weight excluding hydrogens is 162 g/mol. The van der Waals surface area contributed by atoms with Gasteiger partial charge in [0.05, 0.1) is 6.20 Å². The summed E-state index contributed by atoms with van der Waals surface area (Å²) in [6.07, 6.45) is 1.64. The third-order valence-corrected chi connectivity index (χ3v) is 1.50. The van der Waals surface area contributed by atoms with Crippen molar-refractivity contribution in [3.8, 4) is 11.3 Å². The Morgan fingerprint density at radius 3 is 2.23 bits per heavy atom. The average molecular weight is 175 g/mol. The molecule has 0 bridgehead atoms. The van der Waals surface area contributed by atoms with Gasteiger partial charge in [0.2, 0.25) is 0 Å². The fourth-order valence-corrected chi connectivity index (χ4v) is 0.967. The molecule has 2 heteroatoms. The molecule has 0 N–H and O–H groups in total. The summed E-state index contributed by atoms with van der Waals surface area (Å²) in [6, 6.07) is 11.7. The minimum Gasteiger partial charge on any atom is -0.356 e. The summed E-state index contributed by atoms with van der Waals surface area (Å²) < 4.78 is 4.97. The standard InChI is InChI=1S/C9H7NO.C2H6/c1-2-4-8(5-3-1)9-6-7-10-11-9;1-2/h1-7H;1-2H3. The van der Waals surface area contributed by atoms with E-state index in [0.29, 0.717) is 0 Å². The van der Waals surface area contributed by atoms with Crippen LogP contribution in [-0.2, 0) is 0 Å². The van der Waals surface area contributed by atoms with E-state index >= 15 is 0 Å². The van der Waals surface area contributed by atoms with E-state index in [2.05, 4.69) is 5.16 Å². The number of aromatic nitrogens is 1. The molecule has 0 aliphatic rings. The van der Waals surface area contributed by atoms with Gasteiger partial charge in [0.25, 0.3) is 0 Å². The molecular formula is C11H13NO. The van der Waals surface area contributed by atoms with Crippen molar-refractivity contribution in [2.75, 3.05) is 0 Å². The monoisotopic (exact) mass is 175 g/mol. The van der Waals surface area contributed by atoms with Crippen LogP contribution >= 0.6 is 0 Å². The summed E-state index contributed by atoms with van der Waals surface area (Å²) in [5.41, 5.74) is 1.06. The van der Waals surface area contributed by atoms with Crippen LogP contribution in [-0.4, -0.2) is 5.16 Å². The minimum absolute atomic E-state index is 0.811.